The van der Waals surface area contributed by atoms with E-state index in [0.29, 0.717) is 5.95 Å². The number of hydrogen-bond donors (Lipinski definition) is 2. The Balaban J connectivity index is 2.96. The predicted octanol–water partition coefficient (Wildman–Crippen LogP) is 1.28. The summed E-state index contributed by atoms with van der Waals surface area (Å²) in [4.78, 5) is 7.94. The van der Waals surface area contributed by atoms with Crippen molar-refractivity contribution in [2.24, 2.45) is 0 Å². The van der Waals surface area contributed by atoms with Crippen LogP contribution in [0.2, 0.25) is 0 Å². The van der Waals surface area contributed by atoms with E-state index in [1.807, 2.05) is 13.0 Å². The van der Waals surface area contributed by atoms with Crippen LogP contribution in [0.5, 0.6) is 0 Å². The minimum absolute atomic E-state index is 0.492. The number of aryl methyl sites for hydroxylation is 1. The second-order valence-corrected chi connectivity index (χ2v) is 2.90. The Labute approximate surface area is 70.6 Å². The first-order valence-electron chi connectivity index (χ1n) is 2.67. The molecule has 0 unspecified atom stereocenters. The molecule has 0 spiro atoms. The zero-order chi connectivity index (χ0) is 7.56. The molecule has 54 valence electrons. The van der Waals surface area contributed by atoms with E-state index < -0.39 is 0 Å². The van der Waals surface area contributed by atoms with E-state index >= 15 is 0 Å². The number of rotatable bonds is 1. The summed E-state index contributed by atoms with van der Waals surface area (Å²) < 4.78 is 1.27. The van der Waals surface area contributed by atoms with Crippen LogP contribution in [0, 0.1) is 6.92 Å². The van der Waals surface area contributed by atoms with Crippen LogP contribution >= 0.6 is 25.6 Å². The molecule has 1 aromatic heterocycles. The number of anilines is 1. The van der Waals surface area contributed by atoms with Crippen molar-refractivity contribution < 1.29 is 0 Å². The van der Waals surface area contributed by atoms with Crippen LogP contribution < -0.4 is 3.71 Å². The highest BCUT2D eigenvalue weighted by Crippen LogP contribution is 2.10. The lowest BCUT2D eigenvalue weighted by Gasteiger charge is -2.05. The van der Waals surface area contributed by atoms with Crippen LogP contribution in [-0.4, -0.2) is 9.97 Å². The standard InChI is InChI=1S/C5H7N3S2/c1-4-2-3-6-5(7-4)8(9)10/h2-3,9-10H,1H3. The van der Waals surface area contributed by atoms with Crippen LogP contribution in [0.1, 0.15) is 5.69 Å². The molecule has 0 aliphatic heterocycles. The molecule has 10 heavy (non-hydrogen) atoms. The van der Waals surface area contributed by atoms with E-state index in [2.05, 4.69) is 35.6 Å². The molecule has 0 atom stereocenters. The maximum atomic E-state index is 4.03. The summed E-state index contributed by atoms with van der Waals surface area (Å²) in [5.41, 5.74) is 0.901. The van der Waals surface area contributed by atoms with Crippen molar-refractivity contribution >= 4 is 31.6 Å². The average Bonchev–Trinajstić information content (AvgIpc) is 1.88. The summed E-state index contributed by atoms with van der Waals surface area (Å²) in [5.74, 6) is 0.492. The van der Waals surface area contributed by atoms with E-state index in [9.17, 15) is 0 Å². The second kappa shape index (κ2) is 3.12. The fourth-order valence-corrected chi connectivity index (χ4v) is 0.725. The van der Waals surface area contributed by atoms with E-state index in [4.69, 9.17) is 0 Å². The molecule has 1 heterocycles. The van der Waals surface area contributed by atoms with Gasteiger partial charge < -0.3 is 0 Å². The molecule has 3 nitrogen and oxygen atoms in total. The molecular weight excluding hydrogens is 166 g/mol. The largest absolute Gasteiger partial charge is 0.245 e. The van der Waals surface area contributed by atoms with E-state index in [1.165, 1.54) is 3.71 Å². The van der Waals surface area contributed by atoms with Crippen LogP contribution in [-0.2, 0) is 0 Å². The zero-order valence-electron chi connectivity index (χ0n) is 5.39. The SMILES string of the molecule is Cc1ccnc(N(S)S)n1. The summed E-state index contributed by atoms with van der Waals surface area (Å²) in [6, 6.07) is 1.81. The molecular formula is C5H7N3S2. The highest BCUT2D eigenvalue weighted by molar-refractivity contribution is 8.00. The number of aromatic nitrogens is 2. The molecule has 0 saturated carbocycles. The van der Waals surface area contributed by atoms with Crippen LogP contribution in [0.4, 0.5) is 5.95 Å². The van der Waals surface area contributed by atoms with Gasteiger partial charge in [0.05, 0.1) is 0 Å². The summed E-state index contributed by atoms with van der Waals surface area (Å²) in [6.45, 7) is 1.89. The summed E-state index contributed by atoms with van der Waals surface area (Å²) in [6.07, 6.45) is 1.66. The lowest BCUT2D eigenvalue weighted by atomic mass is 10.5. The van der Waals surface area contributed by atoms with Gasteiger partial charge in [-0.05, 0) is 13.0 Å². The molecule has 0 amide bonds. The molecule has 0 saturated heterocycles. The fourth-order valence-electron chi connectivity index (χ4n) is 0.532. The number of hydrogen-bond acceptors (Lipinski definition) is 5. The average molecular weight is 173 g/mol. The Bertz CT molecular complexity index is 226. The van der Waals surface area contributed by atoms with Gasteiger partial charge in [0.2, 0.25) is 5.95 Å². The molecule has 0 aromatic carbocycles. The van der Waals surface area contributed by atoms with Gasteiger partial charge in [-0.15, -0.1) is 0 Å². The lowest BCUT2D eigenvalue weighted by Crippen LogP contribution is -1.99. The van der Waals surface area contributed by atoms with Gasteiger partial charge in [0, 0.05) is 11.9 Å². The van der Waals surface area contributed by atoms with Crippen molar-refractivity contribution in [2.75, 3.05) is 3.71 Å². The third-order valence-corrected chi connectivity index (χ3v) is 1.32. The Kier molecular flexibility index (Phi) is 2.39. The molecule has 1 aromatic rings. The number of nitrogens with zero attached hydrogens (tertiary/aromatic N) is 3. The predicted molar refractivity (Wildman–Crippen MR) is 47.2 cm³/mol. The van der Waals surface area contributed by atoms with Gasteiger partial charge in [-0.3, -0.25) is 0 Å². The van der Waals surface area contributed by atoms with Crippen LogP contribution in [0.3, 0.4) is 0 Å². The van der Waals surface area contributed by atoms with E-state index in [-0.39, 0.29) is 0 Å². The minimum Gasteiger partial charge on any atom is -0.231 e. The summed E-state index contributed by atoms with van der Waals surface area (Å²) in [5, 5.41) is 0. The van der Waals surface area contributed by atoms with Crippen molar-refractivity contribution in [3.8, 4) is 0 Å². The maximum Gasteiger partial charge on any atom is 0.245 e. The third kappa shape index (κ3) is 1.78. The Hall–Kier alpha value is -0.420. The molecule has 0 radical (unpaired) electrons. The lowest BCUT2D eigenvalue weighted by molar-refractivity contribution is 1.10. The normalized spacial score (nSPS) is 9.50. The first-order chi connectivity index (χ1) is 4.70. The monoisotopic (exact) mass is 173 g/mol. The quantitative estimate of drug-likeness (QED) is 0.627. The van der Waals surface area contributed by atoms with Crippen molar-refractivity contribution in [1.29, 1.82) is 0 Å². The maximum absolute atomic E-state index is 4.03. The Morgan fingerprint density at radius 2 is 2.20 bits per heavy atom. The van der Waals surface area contributed by atoms with Crippen molar-refractivity contribution in [1.82, 2.24) is 9.97 Å². The van der Waals surface area contributed by atoms with Gasteiger partial charge in [0.1, 0.15) is 0 Å². The topological polar surface area (TPSA) is 29.0 Å². The smallest absolute Gasteiger partial charge is 0.231 e. The molecule has 0 aliphatic carbocycles. The van der Waals surface area contributed by atoms with Crippen molar-refractivity contribution in [3.63, 3.8) is 0 Å². The zero-order valence-corrected chi connectivity index (χ0v) is 7.18. The molecule has 0 aliphatic rings. The van der Waals surface area contributed by atoms with Crippen molar-refractivity contribution in [3.05, 3.63) is 18.0 Å². The highest BCUT2D eigenvalue weighted by Gasteiger charge is 1.97. The third-order valence-electron chi connectivity index (χ3n) is 0.961. The fraction of sp³-hybridized carbons (Fsp3) is 0.200. The van der Waals surface area contributed by atoms with E-state index in [1.54, 1.807) is 6.20 Å². The Morgan fingerprint density at radius 1 is 1.50 bits per heavy atom. The second-order valence-electron chi connectivity index (χ2n) is 1.79. The molecule has 5 heteroatoms. The van der Waals surface area contributed by atoms with Gasteiger partial charge >= 0.3 is 0 Å². The number of thiol groups is 2. The van der Waals surface area contributed by atoms with Gasteiger partial charge in [-0.2, -0.15) is 0 Å². The van der Waals surface area contributed by atoms with Gasteiger partial charge in [0.15, 0.2) is 0 Å². The Morgan fingerprint density at radius 3 is 2.60 bits per heavy atom. The van der Waals surface area contributed by atoms with Crippen LogP contribution in [0.15, 0.2) is 12.3 Å². The first-order valence-corrected chi connectivity index (χ1v) is 3.47. The van der Waals surface area contributed by atoms with Gasteiger partial charge in [0.25, 0.3) is 0 Å². The first kappa shape index (κ1) is 7.68. The minimum atomic E-state index is 0.492. The molecule has 1 rings (SSSR count). The van der Waals surface area contributed by atoms with Gasteiger partial charge in [-0.1, -0.05) is 25.6 Å². The molecule has 0 fully saturated rings. The van der Waals surface area contributed by atoms with E-state index in [0.717, 1.165) is 5.69 Å². The van der Waals surface area contributed by atoms with Crippen LogP contribution in [0.25, 0.3) is 0 Å². The molecule has 0 bridgehead atoms. The van der Waals surface area contributed by atoms with Gasteiger partial charge in [-0.25, -0.2) is 13.7 Å². The van der Waals surface area contributed by atoms with Crippen molar-refractivity contribution in [2.45, 2.75) is 6.92 Å². The highest BCUT2D eigenvalue weighted by atomic mass is 32.2. The summed E-state index contributed by atoms with van der Waals surface area (Å²) >= 11 is 7.81. The molecule has 0 N–H and O–H groups in total. The summed E-state index contributed by atoms with van der Waals surface area (Å²) in [7, 11) is 0.